The Morgan fingerprint density at radius 1 is 1.00 bits per heavy atom. The first-order valence-electron chi connectivity index (χ1n) is 9.40. The van der Waals surface area contributed by atoms with Gasteiger partial charge in [-0.15, -0.1) is 0 Å². The van der Waals surface area contributed by atoms with E-state index < -0.39 is 0 Å². The van der Waals surface area contributed by atoms with E-state index in [4.69, 9.17) is 14.2 Å². The molecule has 0 amide bonds. The zero-order valence-electron chi connectivity index (χ0n) is 16.7. The summed E-state index contributed by atoms with van der Waals surface area (Å²) >= 11 is 0. The third-order valence-electron chi connectivity index (χ3n) is 4.67. The lowest BCUT2D eigenvalue weighted by molar-refractivity contribution is 0.144. The molecule has 0 aliphatic heterocycles. The van der Waals surface area contributed by atoms with Crippen LogP contribution in [0.4, 0.5) is 4.39 Å². The molecule has 0 unspecified atom stereocenters. The molecule has 0 radical (unpaired) electrons. The van der Waals surface area contributed by atoms with E-state index in [1.54, 1.807) is 49.5 Å². The monoisotopic (exact) mass is 408 g/mol. The van der Waals surface area contributed by atoms with Crippen LogP contribution in [0.3, 0.4) is 0 Å². The summed E-state index contributed by atoms with van der Waals surface area (Å²) in [5.41, 5.74) is 3.42. The molecule has 8 heteroatoms. The molecule has 2 aromatic heterocycles. The zero-order chi connectivity index (χ0) is 20.9. The normalized spacial score (nSPS) is 11.0. The van der Waals surface area contributed by atoms with Crippen molar-refractivity contribution in [2.45, 2.75) is 6.54 Å². The Morgan fingerprint density at radius 2 is 1.83 bits per heavy atom. The maximum Gasteiger partial charge on any atom is 0.162 e. The summed E-state index contributed by atoms with van der Waals surface area (Å²) in [6, 6.07) is 10.1. The quantitative estimate of drug-likeness (QED) is 0.414. The molecule has 0 atom stereocenters. The van der Waals surface area contributed by atoms with Crippen LogP contribution in [0.25, 0.3) is 22.0 Å². The summed E-state index contributed by atoms with van der Waals surface area (Å²) in [7, 11) is 3.21. The fourth-order valence-electron chi connectivity index (χ4n) is 3.17. The maximum absolute atomic E-state index is 13.1. The molecule has 2 heterocycles. The van der Waals surface area contributed by atoms with Crippen LogP contribution in [-0.4, -0.2) is 47.4 Å². The highest BCUT2D eigenvalue weighted by Gasteiger charge is 2.14. The number of halogens is 1. The van der Waals surface area contributed by atoms with Crippen molar-refractivity contribution in [3.8, 4) is 22.6 Å². The second-order valence-electron chi connectivity index (χ2n) is 6.67. The topological polar surface area (TPSA) is 71.3 Å². The van der Waals surface area contributed by atoms with E-state index in [0.717, 1.165) is 22.1 Å². The van der Waals surface area contributed by atoms with Gasteiger partial charge in [-0.3, -0.25) is 4.68 Å². The lowest BCUT2D eigenvalue weighted by Gasteiger charge is -2.12. The summed E-state index contributed by atoms with van der Waals surface area (Å²) in [5, 5.41) is 13.7. The molecule has 0 aliphatic rings. The lowest BCUT2D eigenvalue weighted by Crippen LogP contribution is -2.05. The first kappa shape index (κ1) is 19.8. The number of ether oxygens (including phenoxy) is 3. The second-order valence-corrected chi connectivity index (χ2v) is 6.67. The number of benzene rings is 2. The lowest BCUT2D eigenvalue weighted by atomic mass is 10.1. The molecule has 30 heavy (non-hydrogen) atoms. The SMILES string of the molecule is COCCOc1cc2c(-c3cnn(Cc4ccc(F)cc4)c3)cnnc2cc1OC. The van der Waals surface area contributed by atoms with Crippen molar-refractivity contribution in [2.24, 2.45) is 0 Å². The predicted octanol–water partition coefficient (Wildman–Crippen LogP) is 3.71. The van der Waals surface area contributed by atoms with Gasteiger partial charge in [0.2, 0.25) is 0 Å². The standard InChI is InChI=1S/C22H21FN4O3/c1-28-7-8-30-22-9-18-19(12-24-26-20(18)10-21(22)29-2)16-11-25-27(14-16)13-15-3-5-17(23)6-4-15/h3-6,9-12,14H,7-8,13H2,1-2H3. The van der Waals surface area contributed by atoms with E-state index in [0.29, 0.717) is 36.8 Å². The van der Waals surface area contributed by atoms with Crippen LogP contribution in [0, 0.1) is 5.82 Å². The molecule has 2 aromatic carbocycles. The van der Waals surface area contributed by atoms with E-state index in [1.807, 2.05) is 12.3 Å². The molecule has 0 saturated heterocycles. The van der Waals surface area contributed by atoms with Gasteiger partial charge >= 0.3 is 0 Å². The van der Waals surface area contributed by atoms with Crippen molar-refractivity contribution in [3.63, 3.8) is 0 Å². The first-order valence-corrected chi connectivity index (χ1v) is 9.40. The Kier molecular flexibility index (Phi) is 5.85. The minimum Gasteiger partial charge on any atom is -0.493 e. The Labute approximate surface area is 173 Å². The van der Waals surface area contributed by atoms with Crippen LogP contribution in [0.2, 0.25) is 0 Å². The first-order chi connectivity index (χ1) is 14.7. The molecule has 4 rings (SSSR count). The fraction of sp³-hybridized carbons (Fsp3) is 0.227. The van der Waals surface area contributed by atoms with Gasteiger partial charge in [0, 0.05) is 35.9 Å². The smallest absolute Gasteiger partial charge is 0.162 e. The molecular weight excluding hydrogens is 387 g/mol. The highest BCUT2D eigenvalue weighted by Crippen LogP contribution is 2.35. The molecule has 0 saturated carbocycles. The Balaban J connectivity index is 1.67. The van der Waals surface area contributed by atoms with Gasteiger partial charge < -0.3 is 14.2 Å². The number of fused-ring (bicyclic) bond motifs is 1. The molecule has 0 N–H and O–H groups in total. The van der Waals surface area contributed by atoms with Gasteiger partial charge in [0.15, 0.2) is 11.5 Å². The van der Waals surface area contributed by atoms with Crippen LogP contribution in [0.1, 0.15) is 5.56 Å². The van der Waals surface area contributed by atoms with Crippen molar-refractivity contribution in [2.75, 3.05) is 27.4 Å². The van der Waals surface area contributed by atoms with E-state index in [-0.39, 0.29) is 5.82 Å². The van der Waals surface area contributed by atoms with Gasteiger partial charge in [0.1, 0.15) is 12.4 Å². The van der Waals surface area contributed by atoms with Crippen LogP contribution in [-0.2, 0) is 11.3 Å². The fourth-order valence-corrected chi connectivity index (χ4v) is 3.17. The van der Waals surface area contributed by atoms with Crippen molar-refractivity contribution in [3.05, 3.63) is 66.4 Å². The van der Waals surface area contributed by atoms with Crippen LogP contribution < -0.4 is 9.47 Å². The van der Waals surface area contributed by atoms with Crippen molar-refractivity contribution in [1.29, 1.82) is 0 Å². The van der Waals surface area contributed by atoms with Crippen molar-refractivity contribution < 1.29 is 18.6 Å². The molecule has 0 aliphatic carbocycles. The summed E-state index contributed by atoms with van der Waals surface area (Å²) < 4.78 is 31.2. The third-order valence-corrected chi connectivity index (χ3v) is 4.67. The average molecular weight is 408 g/mol. The predicted molar refractivity (Wildman–Crippen MR) is 110 cm³/mol. The highest BCUT2D eigenvalue weighted by atomic mass is 19.1. The maximum atomic E-state index is 13.1. The molecule has 4 aromatic rings. The summed E-state index contributed by atoms with van der Waals surface area (Å²) in [6.07, 6.45) is 5.40. The van der Waals surface area contributed by atoms with Gasteiger partial charge in [0.25, 0.3) is 0 Å². The van der Waals surface area contributed by atoms with Crippen LogP contribution in [0.15, 0.2) is 55.0 Å². The van der Waals surface area contributed by atoms with E-state index >= 15 is 0 Å². The highest BCUT2D eigenvalue weighted by molar-refractivity contribution is 5.95. The van der Waals surface area contributed by atoms with E-state index in [1.165, 1.54) is 12.1 Å². The van der Waals surface area contributed by atoms with E-state index in [9.17, 15) is 4.39 Å². The van der Waals surface area contributed by atoms with Gasteiger partial charge in [-0.05, 0) is 23.8 Å². The Hall–Kier alpha value is -3.52. The molecule has 0 bridgehead atoms. The molecule has 154 valence electrons. The van der Waals surface area contributed by atoms with Crippen LogP contribution in [0.5, 0.6) is 11.5 Å². The van der Waals surface area contributed by atoms with Crippen molar-refractivity contribution in [1.82, 2.24) is 20.0 Å². The van der Waals surface area contributed by atoms with Crippen molar-refractivity contribution >= 4 is 10.9 Å². The number of rotatable bonds is 8. The molecule has 0 fully saturated rings. The largest absolute Gasteiger partial charge is 0.493 e. The third kappa shape index (κ3) is 4.23. The van der Waals surface area contributed by atoms with Gasteiger partial charge in [-0.25, -0.2) is 4.39 Å². The second kappa shape index (κ2) is 8.87. The number of methoxy groups -OCH3 is 2. The number of hydrogen-bond acceptors (Lipinski definition) is 6. The number of nitrogens with zero attached hydrogens (tertiary/aromatic N) is 4. The van der Waals surface area contributed by atoms with Gasteiger partial charge in [-0.1, -0.05) is 12.1 Å². The zero-order valence-corrected chi connectivity index (χ0v) is 16.7. The van der Waals surface area contributed by atoms with Gasteiger partial charge in [-0.2, -0.15) is 15.3 Å². The summed E-state index contributed by atoms with van der Waals surface area (Å²) in [4.78, 5) is 0. The molecule has 7 nitrogen and oxygen atoms in total. The van der Waals surface area contributed by atoms with Gasteiger partial charge in [0.05, 0.1) is 38.2 Å². The average Bonchev–Trinajstić information content (AvgIpc) is 3.23. The minimum absolute atomic E-state index is 0.256. The number of hydrogen-bond donors (Lipinski definition) is 0. The molecular formula is C22H21FN4O3. The minimum atomic E-state index is -0.256. The Morgan fingerprint density at radius 3 is 2.60 bits per heavy atom. The van der Waals surface area contributed by atoms with Crippen LogP contribution >= 0.6 is 0 Å². The molecule has 0 spiro atoms. The summed E-state index contributed by atoms with van der Waals surface area (Å²) in [5.74, 6) is 0.931. The number of aromatic nitrogens is 4. The Bertz CT molecular complexity index is 1150. The summed E-state index contributed by atoms with van der Waals surface area (Å²) in [6.45, 7) is 1.41. The van der Waals surface area contributed by atoms with E-state index in [2.05, 4.69) is 15.3 Å².